The molecule has 3 heterocycles. The van der Waals surface area contributed by atoms with E-state index in [4.69, 9.17) is 23.4 Å². The van der Waals surface area contributed by atoms with E-state index in [2.05, 4.69) is 0 Å². The largest absolute Gasteiger partial charge is 0.508 e. The van der Waals surface area contributed by atoms with Crippen molar-refractivity contribution in [1.29, 1.82) is 0 Å². The minimum atomic E-state index is -1.76. The Kier molecular flexibility index (Phi) is 8.30. The van der Waals surface area contributed by atoms with E-state index in [1.807, 2.05) is 0 Å². The molecule has 0 amide bonds. The van der Waals surface area contributed by atoms with E-state index in [1.165, 1.54) is 37.3 Å². The standard InChI is InChI=1S/C27H30O15/c1-9-17(32)19(34)21(36)26(38-9)39-12-6-13(30)16-15(7-12)40-23(10-2-4-11(29)5-3-10)25(18(16)33)42-27-22(37)20(35)24(41-27)14(31)8-28/h2-7,9,14,17,19-22,24,26-32,34-37H,8H2,1H3/t9-,14+,17-,19+,20+,21+,22+,24-,26-,27-/m0/s1. The van der Waals surface area contributed by atoms with Crippen molar-refractivity contribution in [2.75, 3.05) is 6.61 Å². The van der Waals surface area contributed by atoms with Gasteiger partial charge in [-0.25, -0.2) is 0 Å². The lowest BCUT2D eigenvalue weighted by Crippen LogP contribution is -2.58. The van der Waals surface area contributed by atoms with Crippen molar-refractivity contribution in [2.45, 2.75) is 68.3 Å². The molecule has 2 fully saturated rings. The predicted molar refractivity (Wildman–Crippen MR) is 139 cm³/mol. The number of hydrogen-bond donors (Lipinski definition) is 9. The third-order valence-electron chi connectivity index (χ3n) is 7.15. The summed E-state index contributed by atoms with van der Waals surface area (Å²) in [5.41, 5.74) is -0.976. The monoisotopic (exact) mass is 594 g/mol. The fourth-order valence-corrected chi connectivity index (χ4v) is 4.79. The Labute approximate surface area is 236 Å². The molecule has 0 unspecified atom stereocenters. The first-order valence-corrected chi connectivity index (χ1v) is 12.9. The second kappa shape index (κ2) is 11.6. The maximum Gasteiger partial charge on any atom is 0.239 e. The third kappa shape index (κ3) is 5.37. The first kappa shape index (κ1) is 30.0. The normalized spacial score (nSPS) is 32.1. The Morgan fingerprint density at radius 3 is 2.17 bits per heavy atom. The first-order valence-electron chi connectivity index (χ1n) is 12.9. The Bertz CT molecular complexity index is 1470. The molecule has 3 aromatic rings. The number of aliphatic hydroxyl groups is 7. The van der Waals surface area contributed by atoms with Gasteiger partial charge in [-0.2, -0.15) is 0 Å². The summed E-state index contributed by atoms with van der Waals surface area (Å²) in [4.78, 5) is 13.7. The molecule has 0 radical (unpaired) electrons. The van der Waals surface area contributed by atoms with E-state index in [0.29, 0.717) is 0 Å². The van der Waals surface area contributed by atoms with Crippen molar-refractivity contribution in [3.63, 3.8) is 0 Å². The molecule has 2 aliphatic rings. The topological polar surface area (TPSA) is 249 Å². The van der Waals surface area contributed by atoms with Crippen LogP contribution in [-0.4, -0.2) is 114 Å². The summed E-state index contributed by atoms with van der Waals surface area (Å²) in [7, 11) is 0. The molecule has 5 rings (SSSR count). The molecule has 42 heavy (non-hydrogen) atoms. The number of hydrogen-bond acceptors (Lipinski definition) is 15. The minimum Gasteiger partial charge on any atom is -0.508 e. The van der Waals surface area contributed by atoms with Crippen molar-refractivity contribution < 1.29 is 69.3 Å². The lowest BCUT2D eigenvalue weighted by atomic mass is 10.00. The maximum absolute atomic E-state index is 13.7. The molecular formula is C27H30O15. The number of phenolic OH excluding ortho intramolecular Hbond substituents is 2. The highest BCUT2D eigenvalue weighted by Crippen LogP contribution is 2.38. The number of benzene rings is 2. The van der Waals surface area contributed by atoms with Crippen LogP contribution >= 0.6 is 0 Å². The van der Waals surface area contributed by atoms with E-state index < -0.39 is 90.3 Å². The Hall–Kier alpha value is -3.51. The van der Waals surface area contributed by atoms with Gasteiger partial charge in [-0.1, -0.05) is 0 Å². The smallest absolute Gasteiger partial charge is 0.239 e. The molecule has 0 bridgehead atoms. The second-order valence-corrected chi connectivity index (χ2v) is 10.1. The molecule has 10 atom stereocenters. The number of rotatable bonds is 7. The Morgan fingerprint density at radius 2 is 1.50 bits per heavy atom. The molecule has 2 aliphatic heterocycles. The van der Waals surface area contributed by atoms with Crippen molar-refractivity contribution in [1.82, 2.24) is 0 Å². The molecule has 1 aromatic heterocycles. The van der Waals surface area contributed by atoms with Gasteiger partial charge < -0.3 is 69.3 Å². The minimum absolute atomic E-state index is 0.108. The van der Waals surface area contributed by atoms with Gasteiger partial charge in [0, 0.05) is 17.7 Å². The van der Waals surface area contributed by atoms with Crippen LogP contribution in [0, 0.1) is 0 Å². The molecule has 0 saturated carbocycles. The van der Waals surface area contributed by atoms with Crippen LogP contribution in [0.3, 0.4) is 0 Å². The van der Waals surface area contributed by atoms with E-state index in [1.54, 1.807) is 0 Å². The molecule has 15 nitrogen and oxygen atoms in total. The van der Waals surface area contributed by atoms with Crippen molar-refractivity contribution in [2.24, 2.45) is 0 Å². The third-order valence-corrected chi connectivity index (χ3v) is 7.15. The highest BCUT2D eigenvalue weighted by molar-refractivity contribution is 5.88. The highest BCUT2D eigenvalue weighted by Gasteiger charge is 2.48. The summed E-state index contributed by atoms with van der Waals surface area (Å²) >= 11 is 0. The second-order valence-electron chi connectivity index (χ2n) is 10.1. The zero-order valence-corrected chi connectivity index (χ0v) is 21.9. The van der Waals surface area contributed by atoms with E-state index in [9.17, 15) is 50.8 Å². The highest BCUT2D eigenvalue weighted by atomic mass is 16.7. The quantitative estimate of drug-likeness (QED) is 0.147. The molecule has 0 spiro atoms. The van der Waals surface area contributed by atoms with E-state index in [0.717, 1.165) is 6.07 Å². The van der Waals surface area contributed by atoms with Gasteiger partial charge in [0.25, 0.3) is 0 Å². The van der Waals surface area contributed by atoms with Crippen LogP contribution in [0.1, 0.15) is 6.92 Å². The van der Waals surface area contributed by atoms with Crippen LogP contribution in [-0.2, 0) is 9.47 Å². The zero-order chi connectivity index (χ0) is 30.5. The van der Waals surface area contributed by atoms with Gasteiger partial charge in [-0.15, -0.1) is 0 Å². The van der Waals surface area contributed by atoms with Crippen LogP contribution in [0.2, 0.25) is 0 Å². The molecule has 9 N–H and O–H groups in total. The molecular weight excluding hydrogens is 564 g/mol. The number of aromatic hydroxyl groups is 2. The zero-order valence-electron chi connectivity index (χ0n) is 21.9. The fraction of sp³-hybridized carbons (Fsp3) is 0.444. The van der Waals surface area contributed by atoms with Gasteiger partial charge in [-0.05, 0) is 31.2 Å². The van der Waals surface area contributed by atoms with Crippen molar-refractivity contribution in [3.8, 4) is 34.3 Å². The van der Waals surface area contributed by atoms with Crippen LogP contribution in [0.4, 0.5) is 0 Å². The van der Waals surface area contributed by atoms with Crippen molar-refractivity contribution in [3.05, 3.63) is 46.6 Å². The summed E-state index contributed by atoms with van der Waals surface area (Å²) in [6.45, 7) is 0.660. The molecule has 0 aliphatic carbocycles. The lowest BCUT2D eigenvalue weighted by molar-refractivity contribution is -0.268. The number of fused-ring (bicyclic) bond motifs is 1. The Morgan fingerprint density at radius 1 is 0.857 bits per heavy atom. The van der Waals surface area contributed by atoms with Crippen molar-refractivity contribution >= 4 is 11.0 Å². The average molecular weight is 595 g/mol. The molecule has 228 valence electrons. The number of aliphatic hydroxyl groups excluding tert-OH is 7. The van der Waals surface area contributed by atoms with Gasteiger partial charge in [0.05, 0.1) is 12.7 Å². The summed E-state index contributed by atoms with van der Waals surface area (Å²) in [6.07, 6.45) is -15.2. The van der Waals surface area contributed by atoms with E-state index >= 15 is 0 Å². The van der Waals surface area contributed by atoms with Gasteiger partial charge in [0.15, 0.2) is 5.76 Å². The SMILES string of the molecule is C[C@@H]1O[C@@H](Oc2cc(O)c3c(=O)c(O[C@@H]4O[C@@H]([C@H](O)CO)[C@H](O)[C@H]4O)c(-c4ccc(O)cc4)oc3c2)[C@H](O)[C@H](O)[C@H]1O. The lowest BCUT2D eigenvalue weighted by Gasteiger charge is -2.38. The summed E-state index contributed by atoms with van der Waals surface area (Å²) in [6, 6.07) is 7.56. The van der Waals surface area contributed by atoms with E-state index in [-0.39, 0.29) is 28.4 Å². The molecule has 2 aromatic carbocycles. The van der Waals surface area contributed by atoms with Crippen LogP contribution in [0.5, 0.6) is 23.0 Å². The molecule has 15 heteroatoms. The summed E-state index contributed by atoms with van der Waals surface area (Å²) in [5, 5.41) is 90.3. The van der Waals surface area contributed by atoms with Gasteiger partial charge in [0.1, 0.15) is 70.9 Å². The number of ether oxygens (including phenoxy) is 4. The summed E-state index contributed by atoms with van der Waals surface area (Å²) < 4.78 is 28.0. The van der Waals surface area contributed by atoms with Gasteiger partial charge in [0.2, 0.25) is 23.8 Å². The predicted octanol–water partition coefficient (Wildman–Crippen LogP) is -1.74. The summed E-state index contributed by atoms with van der Waals surface area (Å²) in [5.74, 6) is -1.72. The van der Waals surface area contributed by atoms with Crippen LogP contribution in [0.15, 0.2) is 45.6 Å². The molecule has 2 saturated heterocycles. The maximum atomic E-state index is 13.7. The van der Waals surface area contributed by atoms with Crippen LogP contribution < -0.4 is 14.9 Å². The number of phenols is 2. The first-order chi connectivity index (χ1) is 19.9. The van der Waals surface area contributed by atoms with Crippen LogP contribution in [0.25, 0.3) is 22.3 Å². The van der Waals surface area contributed by atoms with Gasteiger partial charge >= 0.3 is 0 Å². The Balaban J connectivity index is 1.57. The average Bonchev–Trinajstić information content (AvgIpc) is 3.24. The fourth-order valence-electron chi connectivity index (χ4n) is 4.79. The van der Waals surface area contributed by atoms with Gasteiger partial charge in [-0.3, -0.25) is 4.79 Å².